The van der Waals surface area contributed by atoms with E-state index in [2.05, 4.69) is 52.9 Å². The minimum absolute atomic E-state index is 0.0279. The number of amides is 1. The quantitative estimate of drug-likeness (QED) is 0.903. The zero-order valence-electron chi connectivity index (χ0n) is 16.1. The van der Waals surface area contributed by atoms with Gasteiger partial charge in [-0.25, -0.2) is 4.68 Å². The molecule has 2 fully saturated rings. The van der Waals surface area contributed by atoms with Crippen molar-refractivity contribution in [3.05, 3.63) is 47.8 Å². The molecular formula is C21H29N5O. The van der Waals surface area contributed by atoms with Crippen LogP contribution in [-0.2, 0) is 0 Å². The van der Waals surface area contributed by atoms with Crippen LogP contribution < -0.4 is 5.32 Å². The Morgan fingerprint density at radius 3 is 2.70 bits per heavy atom. The average molecular weight is 367 g/mol. The molecule has 144 valence electrons. The summed E-state index contributed by atoms with van der Waals surface area (Å²) in [5.74, 6) is 1.05. The standard InChI is InChI=1S/C21H29N5O/c1-2-16-14-25(13-10-19(16)17-6-4-3-5-7-17)21(27)20-15-26(24-23-20)18-8-11-22-12-9-18/h3-7,15-16,18-19,22H,2,8-14H2,1H3/t16-,19+/m1/s1. The highest BCUT2D eigenvalue weighted by Crippen LogP contribution is 2.35. The van der Waals surface area contributed by atoms with Gasteiger partial charge in [-0.3, -0.25) is 4.79 Å². The fourth-order valence-electron chi connectivity index (χ4n) is 4.56. The summed E-state index contributed by atoms with van der Waals surface area (Å²) in [6.07, 6.45) is 6.01. The van der Waals surface area contributed by atoms with Crippen molar-refractivity contribution in [3.63, 3.8) is 0 Å². The van der Waals surface area contributed by atoms with Crippen molar-refractivity contribution in [2.45, 2.75) is 44.6 Å². The van der Waals surface area contributed by atoms with Crippen molar-refractivity contribution < 1.29 is 4.79 Å². The Morgan fingerprint density at radius 2 is 1.96 bits per heavy atom. The molecule has 0 spiro atoms. The van der Waals surface area contributed by atoms with Crippen molar-refractivity contribution in [1.82, 2.24) is 25.2 Å². The number of carbonyl (C=O) groups excluding carboxylic acids is 1. The van der Waals surface area contributed by atoms with E-state index in [0.29, 0.717) is 23.6 Å². The van der Waals surface area contributed by atoms with Gasteiger partial charge in [0.2, 0.25) is 0 Å². The Kier molecular flexibility index (Phi) is 5.53. The van der Waals surface area contributed by atoms with Gasteiger partial charge >= 0.3 is 0 Å². The number of piperidine rings is 2. The molecule has 1 aromatic heterocycles. The molecule has 27 heavy (non-hydrogen) atoms. The number of benzene rings is 1. The first-order chi connectivity index (χ1) is 13.3. The summed E-state index contributed by atoms with van der Waals surface area (Å²) in [4.78, 5) is 15.0. The van der Waals surface area contributed by atoms with Crippen LogP contribution in [0.3, 0.4) is 0 Å². The molecule has 0 saturated carbocycles. The number of hydrogen-bond donors (Lipinski definition) is 1. The monoisotopic (exact) mass is 367 g/mol. The zero-order valence-corrected chi connectivity index (χ0v) is 16.1. The summed E-state index contributed by atoms with van der Waals surface area (Å²) in [7, 11) is 0. The lowest BCUT2D eigenvalue weighted by atomic mass is 9.79. The van der Waals surface area contributed by atoms with E-state index in [4.69, 9.17) is 0 Å². The molecule has 0 radical (unpaired) electrons. The average Bonchev–Trinajstić information content (AvgIpc) is 3.24. The van der Waals surface area contributed by atoms with E-state index in [1.165, 1.54) is 5.56 Å². The van der Waals surface area contributed by atoms with Crippen molar-refractivity contribution in [3.8, 4) is 0 Å². The van der Waals surface area contributed by atoms with Crippen LogP contribution in [0.2, 0.25) is 0 Å². The molecule has 1 amide bonds. The molecule has 0 unspecified atom stereocenters. The molecule has 2 aliphatic heterocycles. The Labute approximate surface area is 160 Å². The van der Waals surface area contributed by atoms with E-state index in [1.807, 2.05) is 15.8 Å². The minimum atomic E-state index is 0.0279. The zero-order chi connectivity index (χ0) is 18.6. The van der Waals surface area contributed by atoms with Crippen LogP contribution in [-0.4, -0.2) is 52.0 Å². The topological polar surface area (TPSA) is 63.1 Å². The van der Waals surface area contributed by atoms with Crippen LogP contribution in [0.15, 0.2) is 36.5 Å². The van der Waals surface area contributed by atoms with E-state index in [0.717, 1.165) is 51.9 Å². The van der Waals surface area contributed by atoms with Gasteiger partial charge in [-0.2, -0.15) is 0 Å². The lowest BCUT2D eigenvalue weighted by Gasteiger charge is -2.38. The molecule has 2 aliphatic rings. The molecule has 1 aromatic carbocycles. The van der Waals surface area contributed by atoms with Gasteiger partial charge in [0.1, 0.15) is 0 Å². The third-order valence-electron chi connectivity index (χ3n) is 6.19. The maximum Gasteiger partial charge on any atom is 0.276 e. The van der Waals surface area contributed by atoms with Crippen LogP contribution in [0, 0.1) is 5.92 Å². The molecule has 0 aliphatic carbocycles. The van der Waals surface area contributed by atoms with Crippen LogP contribution in [0.4, 0.5) is 0 Å². The van der Waals surface area contributed by atoms with Gasteiger partial charge in [-0.15, -0.1) is 5.10 Å². The molecule has 6 heteroatoms. The smallest absolute Gasteiger partial charge is 0.276 e. The van der Waals surface area contributed by atoms with Gasteiger partial charge in [0.15, 0.2) is 5.69 Å². The Bertz CT molecular complexity index is 753. The van der Waals surface area contributed by atoms with Gasteiger partial charge < -0.3 is 10.2 Å². The van der Waals surface area contributed by atoms with Crippen LogP contribution in [0.1, 0.15) is 60.6 Å². The van der Waals surface area contributed by atoms with Crippen molar-refractivity contribution in [2.75, 3.05) is 26.2 Å². The Morgan fingerprint density at radius 1 is 1.19 bits per heavy atom. The second-order valence-electron chi connectivity index (χ2n) is 7.79. The predicted octanol–water partition coefficient (Wildman–Crippen LogP) is 2.86. The lowest BCUT2D eigenvalue weighted by molar-refractivity contribution is 0.0639. The lowest BCUT2D eigenvalue weighted by Crippen LogP contribution is -2.43. The van der Waals surface area contributed by atoms with E-state index in [1.54, 1.807) is 0 Å². The molecule has 3 heterocycles. The van der Waals surface area contributed by atoms with Crippen LogP contribution in [0.5, 0.6) is 0 Å². The molecule has 4 rings (SSSR count). The Balaban J connectivity index is 1.43. The number of nitrogens with zero attached hydrogens (tertiary/aromatic N) is 4. The first-order valence-electron chi connectivity index (χ1n) is 10.2. The van der Waals surface area contributed by atoms with E-state index in [9.17, 15) is 4.79 Å². The number of nitrogens with one attached hydrogen (secondary N) is 1. The molecule has 2 aromatic rings. The largest absolute Gasteiger partial charge is 0.337 e. The van der Waals surface area contributed by atoms with Crippen LogP contribution >= 0.6 is 0 Å². The second kappa shape index (κ2) is 8.21. The molecule has 1 N–H and O–H groups in total. The molecular weight excluding hydrogens is 338 g/mol. The molecule has 2 saturated heterocycles. The van der Waals surface area contributed by atoms with Gasteiger partial charge in [0, 0.05) is 13.1 Å². The number of hydrogen-bond acceptors (Lipinski definition) is 4. The summed E-state index contributed by atoms with van der Waals surface area (Å²) < 4.78 is 1.89. The molecule has 0 bridgehead atoms. The Hall–Kier alpha value is -2.21. The first kappa shape index (κ1) is 18.2. The molecule has 6 nitrogen and oxygen atoms in total. The summed E-state index contributed by atoms with van der Waals surface area (Å²) in [6, 6.07) is 11.1. The maximum absolute atomic E-state index is 13.0. The summed E-state index contributed by atoms with van der Waals surface area (Å²) in [6.45, 7) is 5.81. The fourth-order valence-corrected chi connectivity index (χ4v) is 4.56. The van der Waals surface area contributed by atoms with E-state index >= 15 is 0 Å². The maximum atomic E-state index is 13.0. The third-order valence-corrected chi connectivity index (χ3v) is 6.19. The van der Waals surface area contributed by atoms with Gasteiger partial charge in [0.05, 0.1) is 12.2 Å². The normalized spacial score (nSPS) is 24.1. The van der Waals surface area contributed by atoms with Gasteiger partial charge in [-0.05, 0) is 49.8 Å². The SMILES string of the molecule is CC[C@@H]1CN(C(=O)c2cn(C3CCNCC3)nn2)CC[C@@H]1c1ccccc1. The number of carbonyl (C=O) groups is 1. The van der Waals surface area contributed by atoms with Gasteiger partial charge in [-0.1, -0.05) is 48.9 Å². The van der Waals surface area contributed by atoms with E-state index in [-0.39, 0.29) is 5.91 Å². The molecule has 2 atom stereocenters. The first-order valence-corrected chi connectivity index (χ1v) is 10.2. The van der Waals surface area contributed by atoms with Crippen molar-refractivity contribution in [1.29, 1.82) is 0 Å². The highest BCUT2D eigenvalue weighted by atomic mass is 16.2. The minimum Gasteiger partial charge on any atom is -0.337 e. The summed E-state index contributed by atoms with van der Waals surface area (Å²) in [5, 5.41) is 11.8. The predicted molar refractivity (Wildman–Crippen MR) is 105 cm³/mol. The fraction of sp³-hybridized carbons (Fsp3) is 0.571. The number of aromatic nitrogens is 3. The highest BCUT2D eigenvalue weighted by Gasteiger charge is 2.32. The third kappa shape index (κ3) is 3.90. The van der Waals surface area contributed by atoms with Gasteiger partial charge in [0.25, 0.3) is 5.91 Å². The number of rotatable bonds is 4. The number of likely N-dealkylation sites (tertiary alicyclic amines) is 1. The van der Waals surface area contributed by atoms with Crippen LogP contribution in [0.25, 0.3) is 0 Å². The second-order valence-corrected chi connectivity index (χ2v) is 7.79. The van der Waals surface area contributed by atoms with E-state index < -0.39 is 0 Å². The highest BCUT2D eigenvalue weighted by molar-refractivity contribution is 5.92. The summed E-state index contributed by atoms with van der Waals surface area (Å²) in [5.41, 5.74) is 1.88. The van der Waals surface area contributed by atoms with Crippen molar-refractivity contribution in [2.24, 2.45) is 5.92 Å². The summed E-state index contributed by atoms with van der Waals surface area (Å²) >= 11 is 0. The van der Waals surface area contributed by atoms with Crippen molar-refractivity contribution >= 4 is 5.91 Å².